The Labute approximate surface area is 150 Å². The molecule has 0 aliphatic carbocycles. The smallest absolute Gasteiger partial charge is 0.252 e. The van der Waals surface area contributed by atoms with Gasteiger partial charge in [-0.05, 0) is 43.3 Å². The van der Waals surface area contributed by atoms with Crippen LogP contribution in [0.1, 0.15) is 17.3 Å². The van der Waals surface area contributed by atoms with Crippen LogP contribution in [0.15, 0.2) is 54.6 Å². The molecule has 1 aromatic heterocycles. The lowest BCUT2D eigenvalue weighted by Crippen LogP contribution is -2.36. The summed E-state index contributed by atoms with van der Waals surface area (Å²) in [6.07, 6.45) is 0. The summed E-state index contributed by atoms with van der Waals surface area (Å²) >= 11 is 0. The van der Waals surface area contributed by atoms with Crippen LogP contribution >= 0.6 is 0 Å². The lowest BCUT2D eigenvalue weighted by Gasteiger charge is -2.10. The van der Waals surface area contributed by atoms with E-state index in [4.69, 9.17) is 0 Å². The summed E-state index contributed by atoms with van der Waals surface area (Å²) in [4.78, 5) is 28.8. The van der Waals surface area contributed by atoms with Crippen LogP contribution in [-0.2, 0) is 4.79 Å². The fourth-order valence-corrected chi connectivity index (χ4v) is 2.65. The van der Waals surface area contributed by atoms with Crippen LogP contribution in [0.4, 0.5) is 4.39 Å². The number of carbonyl (C=O) groups is 2. The quantitative estimate of drug-likeness (QED) is 0.742. The summed E-state index contributed by atoms with van der Waals surface area (Å²) < 4.78 is 13.2. The molecule has 0 fully saturated rings. The van der Waals surface area contributed by atoms with Crippen LogP contribution in [0.2, 0.25) is 0 Å². The lowest BCUT2D eigenvalue weighted by molar-refractivity contribution is -0.120. The Morgan fingerprint density at radius 2 is 1.77 bits per heavy atom. The molecule has 26 heavy (non-hydrogen) atoms. The molecule has 6 heteroatoms. The van der Waals surface area contributed by atoms with Crippen molar-refractivity contribution in [3.8, 4) is 11.3 Å². The number of aromatic nitrogens is 1. The van der Waals surface area contributed by atoms with Gasteiger partial charge in [0.05, 0.1) is 23.3 Å². The average molecular weight is 351 g/mol. The maximum Gasteiger partial charge on any atom is 0.252 e. The second-order valence-corrected chi connectivity index (χ2v) is 5.72. The molecule has 0 bridgehead atoms. The fourth-order valence-electron chi connectivity index (χ4n) is 2.65. The number of hydrogen-bond acceptors (Lipinski definition) is 3. The van der Waals surface area contributed by atoms with E-state index >= 15 is 0 Å². The third-order valence-electron chi connectivity index (χ3n) is 3.88. The Kier molecular flexibility index (Phi) is 5.22. The number of nitrogens with one attached hydrogen (secondary N) is 2. The van der Waals surface area contributed by atoms with Crippen molar-refractivity contribution in [1.29, 1.82) is 0 Å². The number of amides is 2. The molecule has 0 radical (unpaired) electrons. The van der Waals surface area contributed by atoms with Crippen molar-refractivity contribution in [3.05, 3.63) is 66.0 Å². The van der Waals surface area contributed by atoms with Gasteiger partial charge in [0.15, 0.2) is 0 Å². The van der Waals surface area contributed by atoms with Crippen LogP contribution in [-0.4, -0.2) is 29.9 Å². The number of hydrogen-bond donors (Lipinski definition) is 2. The summed E-state index contributed by atoms with van der Waals surface area (Å²) in [7, 11) is 0. The van der Waals surface area contributed by atoms with E-state index < -0.39 is 0 Å². The van der Waals surface area contributed by atoms with E-state index in [2.05, 4.69) is 15.6 Å². The molecule has 2 amide bonds. The molecule has 1 heterocycles. The minimum Gasteiger partial charge on any atom is -0.355 e. The van der Waals surface area contributed by atoms with Crippen molar-refractivity contribution in [2.45, 2.75) is 6.92 Å². The van der Waals surface area contributed by atoms with Crippen molar-refractivity contribution >= 4 is 22.7 Å². The summed E-state index contributed by atoms with van der Waals surface area (Å²) in [5, 5.41) is 5.94. The van der Waals surface area contributed by atoms with Crippen LogP contribution in [0, 0.1) is 5.82 Å². The van der Waals surface area contributed by atoms with Gasteiger partial charge in [-0.15, -0.1) is 0 Å². The predicted molar refractivity (Wildman–Crippen MR) is 98.2 cm³/mol. The first-order valence-electron chi connectivity index (χ1n) is 8.29. The minimum absolute atomic E-state index is 0.102. The SMILES string of the molecule is CCNC(=O)CNC(=O)c1cc(-c2ccc(F)cc2)nc2ccccc12. The van der Waals surface area contributed by atoms with E-state index in [-0.39, 0.29) is 24.2 Å². The van der Waals surface area contributed by atoms with Crippen LogP contribution in [0.5, 0.6) is 0 Å². The van der Waals surface area contributed by atoms with E-state index in [9.17, 15) is 14.0 Å². The lowest BCUT2D eigenvalue weighted by atomic mass is 10.0. The van der Waals surface area contributed by atoms with E-state index in [0.29, 0.717) is 34.3 Å². The number of para-hydroxylation sites is 1. The van der Waals surface area contributed by atoms with E-state index in [0.717, 1.165) is 0 Å². The Balaban J connectivity index is 1.98. The van der Waals surface area contributed by atoms with Crippen LogP contribution < -0.4 is 10.6 Å². The van der Waals surface area contributed by atoms with Gasteiger partial charge >= 0.3 is 0 Å². The normalized spacial score (nSPS) is 10.5. The Morgan fingerprint density at radius 3 is 2.50 bits per heavy atom. The molecular formula is C20H18FN3O2. The van der Waals surface area contributed by atoms with Gasteiger partial charge in [-0.3, -0.25) is 9.59 Å². The van der Waals surface area contributed by atoms with Gasteiger partial charge in [0, 0.05) is 17.5 Å². The van der Waals surface area contributed by atoms with Gasteiger partial charge in [0.25, 0.3) is 5.91 Å². The van der Waals surface area contributed by atoms with Gasteiger partial charge in [-0.25, -0.2) is 9.37 Å². The van der Waals surface area contributed by atoms with Gasteiger partial charge in [-0.1, -0.05) is 18.2 Å². The third-order valence-corrected chi connectivity index (χ3v) is 3.88. The fraction of sp³-hybridized carbons (Fsp3) is 0.150. The standard InChI is InChI=1S/C20H18FN3O2/c1-2-22-19(25)12-23-20(26)16-11-18(13-7-9-14(21)10-8-13)24-17-6-4-3-5-15(16)17/h3-11H,2,12H2,1H3,(H,22,25)(H,23,26). The van der Waals surface area contributed by atoms with Crippen molar-refractivity contribution in [2.24, 2.45) is 0 Å². The molecular weight excluding hydrogens is 333 g/mol. The number of halogens is 1. The predicted octanol–water partition coefficient (Wildman–Crippen LogP) is 2.91. The van der Waals surface area contributed by atoms with Crippen molar-refractivity contribution in [2.75, 3.05) is 13.1 Å². The monoisotopic (exact) mass is 351 g/mol. The van der Waals surface area contributed by atoms with Crippen molar-refractivity contribution in [3.63, 3.8) is 0 Å². The van der Waals surface area contributed by atoms with Crippen molar-refractivity contribution in [1.82, 2.24) is 15.6 Å². The van der Waals surface area contributed by atoms with Gasteiger partial charge in [0.2, 0.25) is 5.91 Å². The Morgan fingerprint density at radius 1 is 1.04 bits per heavy atom. The Hall–Kier alpha value is -3.28. The molecule has 0 aliphatic rings. The maximum atomic E-state index is 13.2. The largest absolute Gasteiger partial charge is 0.355 e. The van der Waals surface area contributed by atoms with Gasteiger partial charge < -0.3 is 10.6 Å². The zero-order valence-corrected chi connectivity index (χ0v) is 14.3. The first kappa shape index (κ1) is 17.5. The van der Waals surface area contributed by atoms with Crippen molar-refractivity contribution < 1.29 is 14.0 Å². The molecule has 132 valence electrons. The minimum atomic E-state index is -0.363. The Bertz CT molecular complexity index is 955. The van der Waals surface area contributed by atoms with Crippen LogP contribution in [0.25, 0.3) is 22.2 Å². The molecule has 0 saturated carbocycles. The highest BCUT2D eigenvalue weighted by Crippen LogP contribution is 2.25. The maximum absolute atomic E-state index is 13.2. The molecule has 3 rings (SSSR count). The topological polar surface area (TPSA) is 71.1 Å². The molecule has 0 unspecified atom stereocenters. The molecule has 2 N–H and O–H groups in total. The number of nitrogens with zero attached hydrogens (tertiary/aromatic N) is 1. The molecule has 3 aromatic rings. The number of benzene rings is 2. The number of fused-ring (bicyclic) bond motifs is 1. The van der Waals surface area contributed by atoms with E-state index in [1.54, 1.807) is 24.3 Å². The first-order chi connectivity index (χ1) is 12.6. The molecule has 0 spiro atoms. The van der Waals surface area contributed by atoms with Crippen LogP contribution in [0.3, 0.4) is 0 Å². The van der Waals surface area contributed by atoms with E-state index in [1.807, 2.05) is 25.1 Å². The summed E-state index contributed by atoms with van der Waals surface area (Å²) in [5.41, 5.74) is 2.33. The highest BCUT2D eigenvalue weighted by molar-refractivity contribution is 6.08. The molecule has 2 aromatic carbocycles. The number of likely N-dealkylation sites (N-methyl/N-ethyl adjacent to an activating group) is 1. The first-order valence-corrected chi connectivity index (χ1v) is 8.29. The number of rotatable bonds is 5. The number of pyridine rings is 1. The molecule has 0 saturated heterocycles. The van der Waals surface area contributed by atoms with Gasteiger partial charge in [-0.2, -0.15) is 0 Å². The highest BCUT2D eigenvalue weighted by Gasteiger charge is 2.14. The third kappa shape index (κ3) is 3.85. The second kappa shape index (κ2) is 7.74. The van der Waals surface area contributed by atoms with E-state index in [1.165, 1.54) is 12.1 Å². The summed E-state index contributed by atoms with van der Waals surface area (Å²) in [6.45, 7) is 2.21. The zero-order chi connectivity index (χ0) is 18.5. The zero-order valence-electron chi connectivity index (χ0n) is 14.3. The van der Waals surface area contributed by atoms with Gasteiger partial charge in [0.1, 0.15) is 5.82 Å². The highest BCUT2D eigenvalue weighted by atomic mass is 19.1. The molecule has 0 atom stereocenters. The summed E-state index contributed by atoms with van der Waals surface area (Å²) in [5.74, 6) is -0.953. The molecule has 0 aliphatic heterocycles. The number of carbonyl (C=O) groups excluding carboxylic acids is 2. The summed E-state index contributed by atoms with van der Waals surface area (Å²) in [6, 6.07) is 14.8. The second-order valence-electron chi connectivity index (χ2n) is 5.72. The average Bonchev–Trinajstić information content (AvgIpc) is 2.66. The molecule has 5 nitrogen and oxygen atoms in total.